The maximum atomic E-state index is 12.7. The van der Waals surface area contributed by atoms with Crippen LogP contribution in [0.5, 0.6) is 5.75 Å². The molecule has 2 aromatic rings. The largest absolute Gasteiger partial charge is 0.495 e. The van der Waals surface area contributed by atoms with E-state index < -0.39 is 15.9 Å². The van der Waals surface area contributed by atoms with Crippen molar-refractivity contribution in [2.75, 3.05) is 25.5 Å². The molecular weight excluding hydrogens is 388 g/mol. The fourth-order valence-corrected chi connectivity index (χ4v) is 4.40. The summed E-state index contributed by atoms with van der Waals surface area (Å²) in [5, 5.41) is 3.11. The van der Waals surface area contributed by atoms with Crippen molar-refractivity contribution in [1.29, 1.82) is 0 Å². The van der Waals surface area contributed by atoms with E-state index in [1.54, 1.807) is 45.0 Å². The number of sulfonamides is 1. The summed E-state index contributed by atoms with van der Waals surface area (Å²) in [7, 11) is -2.14. The number of halogens is 1. The van der Waals surface area contributed by atoms with E-state index in [0.717, 1.165) is 0 Å². The molecule has 1 N–H and O–H groups in total. The average molecular weight is 411 g/mol. The maximum absolute atomic E-state index is 12.7. The normalized spacial score (nSPS) is 11.5. The molecule has 8 heteroatoms. The highest BCUT2D eigenvalue weighted by molar-refractivity contribution is 7.89. The van der Waals surface area contributed by atoms with E-state index in [-0.39, 0.29) is 10.5 Å². The Morgan fingerprint density at radius 1 is 1.15 bits per heavy atom. The van der Waals surface area contributed by atoms with Crippen molar-refractivity contribution in [3.8, 4) is 5.75 Å². The average Bonchev–Trinajstić information content (AvgIpc) is 2.62. The summed E-state index contributed by atoms with van der Waals surface area (Å²) in [4.78, 5) is 12.8. The number of rotatable bonds is 7. The van der Waals surface area contributed by atoms with E-state index >= 15 is 0 Å². The molecule has 2 rings (SSSR count). The molecule has 0 radical (unpaired) electrons. The monoisotopic (exact) mass is 410 g/mol. The molecule has 0 spiro atoms. The first-order valence-electron chi connectivity index (χ1n) is 8.50. The number of nitrogens with zero attached hydrogens (tertiary/aromatic N) is 1. The van der Waals surface area contributed by atoms with Crippen LogP contribution in [0.4, 0.5) is 5.69 Å². The molecule has 0 bridgehead atoms. The van der Waals surface area contributed by atoms with Gasteiger partial charge >= 0.3 is 0 Å². The van der Waals surface area contributed by atoms with Crippen LogP contribution in [0.1, 0.15) is 29.8 Å². The molecule has 0 unspecified atom stereocenters. The van der Waals surface area contributed by atoms with Crippen LogP contribution in [-0.2, 0) is 10.0 Å². The second kappa shape index (κ2) is 8.73. The lowest BCUT2D eigenvalue weighted by Crippen LogP contribution is -2.30. The van der Waals surface area contributed by atoms with Gasteiger partial charge in [0.05, 0.1) is 17.0 Å². The molecule has 146 valence electrons. The Bertz CT molecular complexity index is 941. The molecule has 27 heavy (non-hydrogen) atoms. The minimum atomic E-state index is -3.65. The highest BCUT2D eigenvalue weighted by Crippen LogP contribution is 2.28. The van der Waals surface area contributed by atoms with Crippen molar-refractivity contribution < 1.29 is 17.9 Å². The quantitative estimate of drug-likeness (QED) is 0.750. The Balaban J connectivity index is 2.35. The Morgan fingerprint density at radius 2 is 1.81 bits per heavy atom. The SMILES string of the molecule is CCN(CC)S(=O)(=O)c1ccc(C)c(C(=O)Nc2ccc(OC)c(Cl)c2)c1. The number of ether oxygens (including phenoxy) is 1. The van der Waals surface area contributed by atoms with Crippen molar-refractivity contribution in [1.82, 2.24) is 4.31 Å². The Hall–Kier alpha value is -2.09. The fourth-order valence-electron chi connectivity index (χ4n) is 2.66. The third-order valence-corrected chi connectivity index (χ3v) is 6.55. The molecule has 0 aromatic heterocycles. The summed E-state index contributed by atoms with van der Waals surface area (Å²) >= 11 is 6.08. The van der Waals surface area contributed by atoms with Gasteiger partial charge < -0.3 is 10.1 Å². The maximum Gasteiger partial charge on any atom is 0.255 e. The van der Waals surface area contributed by atoms with E-state index in [0.29, 0.717) is 35.1 Å². The van der Waals surface area contributed by atoms with Crippen LogP contribution in [0.3, 0.4) is 0 Å². The smallest absolute Gasteiger partial charge is 0.255 e. The first-order valence-corrected chi connectivity index (χ1v) is 10.3. The summed E-state index contributed by atoms with van der Waals surface area (Å²) in [5.41, 5.74) is 1.45. The van der Waals surface area contributed by atoms with Crippen LogP contribution >= 0.6 is 11.6 Å². The zero-order chi connectivity index (χ0) is 20.2. The van der Waals surface area contributed by atoms with Gasteiger partial charge in [0.25, 0.3) is 5.91 Å². The number of methoxy groups -OCH3 is 1. The number of aryl methyl sites for hydroxylation is 1. The summed E-state index contributed by atoms with van der Waals surface area (Å²) < 4.78 is 31.9. The zero-order valence-electron chi connectivity index (χ0n) is 15.7. The van der Waals surface area contributed by atoms with E-state index in [1.165, 1.54) is 23.5 Å². The summed E-state index contributed by atoms with van der Waals surface area (Å²) in [6.45, 7) is 6.02. The van der Waals surface area contributed by atoms with Crippen LogP contribution < -0.4 is 10.1 Å². The third-order valence-electron chi connectivity index (χ3n) is 4.21. The zero-order valence-corrected chi connectivity index (χ0v) is 17.3. The van der Waals surface area contributed by atoms with Gasteiger partial charge in [-0.05, 0) is 42.8 Å². The third kappa shape index (κ3) is 4.61. The van der Waals surface area contributed by atoms with E-state index in [1.807, 2.05) is 0 Å². The van der Waals surface area contributed by atoms with E-state index in [2.05, 4.69) is 5.32 Å². The highest BCUT2D eigenvalue weighted by atomic mass is 35.5. The number of benzene rings is 2. The van der Waals surface area contributed by atoms with Crippen molar-refractivity contribution in [2.24, 2.45) is 0 Å². The van der Waals surface area contributed by atoms with Gasteiger partial charge in [-0.25, -0.2) is 8.42 Å². The molecule has 0 saturated carbocycles. The van der Waals surface area contributed by atoms with Gasteiger partial charge in [0.15, 0.2) is 0 Å². The van der Waals surface area contributed by atoms with Gasteiger partial charge in [0, 0.05) is 24.3 Å². The number of carbonyl (C=O) groups excluding carboxylic acids is 1. The lowest BCUT2D eigenvalue weighted by molar-refractivity contribution is 0.102. The standard InChI is InChI=1S/C19H23ClN2O4S/c1-5-22(6-2)27(24,25)15-9-7-13(3)16(12-15)19(23)21-14-8-10-18(26-4)17(20)11-14/h7-12H,5-6H2,1-4H3,(H,21,23). The predicted molar refractivity (Wildman–Crippen MR) is 107 cm³/mol. The lowest BCUT2D eigenvalue weighted by atomic mass is 10.1. The van der Waals surface area contributed by atoms with Crippen LogP contribution in [-0.4, -0.2) is 38.8 Å². The van der Waals surface area contributed by atoms with Gasteiger partial charge in [0.1, 0.15) is 5.75 Å². The van der Waals surface area contributed by atoms with Gasteiger partial charge in [-0.1, -0.05) is 31.5 Å². The molecule has 2 aromatic carbocycles. The molecule has 0 aliphatic carbocycles. The summed E-state index contributed by atoms with van der Waals surface area (Å²) in [5.74, 6) is 0.0866. The summed E-state index contributed by atoms with van der Waals surface area (Å²) in [6.07, 6.45) is 0. The van der Waals surface area contributed by atoms with Gasteiger partial charge in [-0.2, -0.15) is 4.31 Å². The second-order valence-electron chi connectivity index (χ2n) is 5.87. The molecule has 1 amide bonds. The Kier molecular flexibility index (Phi) is 6.86. The van der Waals surface area contributed by atoms with Crippen molar-refractivity contribution in [3.05, 3.63) is 52.5 Å². The molecule has 0 fully saturated rings. The number of amides is 1. The highest BCUT2D eigenvalue weighted by Gasteiger charge is 2.23. The molecule has 0 saturated heterocycles. The van der Waals surface area contributed by atoms with Crippen LogP contribution in [0.15, 0.2) is 41.3 Å². The molecule has 0 aliphatic rings. The van der Waals surface area contributed by atoms with Crippen molar-refractivity contribution in [2.45, 2.75) is 25.7 Å². The van der Waals surface area contributed by atoms with Gasteiger partial charge in [-0.3, -0.25) is 4.79 Å². The molecule has 0 aliphatic heterocycles. The van der Waals surface area contributed by atoms with Crippen LogP contribution in [0.25, 0.3) is 0 Å². The molecular formula is C19H23ClN2O4S. The molecule has 0 heterocycles. The topological polar surface area (TPSA) is 75.7 Å². The molecule has 6 nitrogen and oxygen atoms in total. The van der Waals surface area contributed by atoms with Crippen LogP contribution in [0, 0.1) is 6.92 Å². The van der Waals surface area contributed by atoms with Gasteiger partial charge in [0.2, 0.25) is 10.0 Å². The first-order chi connectivity index (χ1) is 12.7. The minimum Gasteiger partial charge on any atom is -0.495 e. The predicted octanol–water partition coefficient (Wildman–Crippen LogP) is 3.94. The summed E-state index contributed by atoms with van der Waals surface area (Å²) in [6, 6.07) is 9.43. The lowest BCUT2D eigenvalue weighted by Gasteiger charge is -2.19. The van der Waals surface area contributed by atoms with E-state index in [4.69, 9.17) is 16.3 Å². The number of anilines is 1. The van der Waals surface area contributed by atoms with Crippen LogP contribution in [0.2, 0.25) is 5.02 Å². The van der Waals surface area contributed by atoms with Crippen molar-refractivity contribution >= 4 is 33.2 Å². The minimum absolute atomic E-state index is 0.0923. The Morgan fingerprint density at radius 3 is 2.37 bits per heavy atom. The first kappa shape index (κ1) is 21.2. The fraction of sp³-hybridized carbons (Fsp3) is 0.316. The second-order valence-corrected chi connectivity index (χ2v) is 8.21. The van der Waals surface area contributed by atoms with Crippen molar-refractivity contribution in [3.63, 3.8) is 0 Å². The number of nitrogens with one attached hydrogen (secondary N) is 1. The number of carbonyl (C=O) groups is 1. The Labute approximate surface area is 165 Å². The van der Waals surface area contributed by atoms with E-state index in [9.17, 15) is 13.2 Å². The molecule has 0 atom stereocenters. The number of hydrogen-bond acceptors (Lipinski definition) is 4. The van der Waals surface area contributed by atoms with Gasteiger partial charge in [-0.15, -0.1) is 0 Å². The number of hydrogen-bond donors (Lipinski definition) is 1.